The third kappa shape index (κ3) is 6.35. The lowest BCUT2D eigenvalue weighted by Crippen LogP contribution is -2.25. The average Bonchev–Trinajstić information content (AvgIpc) is 3.04. The molecule has 3 aromatic heterocycles. The second-order valence-electron chi connectivity index (χ2n) is 11.3. The molecule has 0 spiro atoms. The second-order valence-corrected chi connectivity index (χ2v) is 11.3. The Morgan fingerprint density at radius 2 is 1.64 bits per heavy atom. The van der Waals surface area contributed by atoms with E-state index in [1.165, 1.54) is 12.4 Å². The summed E-state index contributed by atoms with van der Waals surface area (Å²) in [6.45, 7) is 4.17. The van der Waals surface area contributed by atoms with Crippen molar-refractivity contribution in [2.75, 3.05) is 18.9 Å². The highest BCUT2D eigenvalue weighted by Gasteiger charge is 2.20. The van der Waals surface area contributed by atoms with Gasteiger partial charge in [-0.25, -0.2) is 9.37 Å². The average molecular weight is 589 g/mol. The van der Waals surface area contributed by atoms with Gasteiger partial charge < -0.3 is 15.0 Å². The van der Waals surface area contributed by atoms with E-state index in [9.17, 15) is 14.0 Å². The number of rotatable bonds is 8. The van der Waals surface area contributed by atoms with Crippen LogP contribution in [0.3, 0.4) is 0 Å². The van der Waals surface area contributed by atoms with Gasteiger partial charge in [-0.2, -0.15) is 0 Å². The molecule has 4 heterocycles. The second kappa shape index (κ2) is 12.7. The Bertz CT molecular complexity index is 1860. The van der Waals surface area contributed by atoms with Crippen LogP contribution in [0, 0.1) is 18.7 Å². The zero-order valence-electron chi connectivity index (χ0n) is 24.5. The Labute approximate surface area is 255 Å². The van der Waals surface area contributed by atoms with Gasteiger partial charge in [0.2, 0.25) is 0 Å². The van der Waals surface area contributed by atoms with E-state index in [1.54, 1.807) is 18.3 Å². The van der Waals surface area contributed by atoms with Crippen LogP contribution in [0.5, 0.6) is 0 Å². The van der Waals surface area contributed by atoms with Crippen molar-refractivity contribution in [3.63, 3.8) is 0 Å². The molecule has 1 saturated heterocycles. The van der Waals surface area contributed by atoms with E-state index >= 15 is 0 Å². The number of nitrogens with zero attached hydrogens (tertiary/aromatic N) is 3. The number of carbonyl (C=O) groups is 1. The van der Waals surface area contributed by atoms with Crippen LogP contribution in [0.2, 0.25) is 0 Å². The molecule has 0 bridgehead atoms. The summed E-state index contributed by atoms with van der Waals surface area (Å²) >= 11 is 0. The number of halogens is 1. The summed E-state index contributed by atoms with van der Waals surface area (Å²) in [6.07, 6.45) is 9.76. The molecule has 7 nitrogen and oxygen atoms in total. The van der Waals surface area contributed by atoms with Crippen LogP contribution in [-0.2, 0) is 17.7 Å². The van der Waals surface area contributed by atoms with Gasteiger partial charge in [0.05, 0.1) is 11.8 Å². The maximum atomic E-state index is 14.4. The summed E-state index contributed by atoms with van der Waals surface area (Å²) in [5, 5.41) is 0. The number of ketones is 1. The van der Waals surface area contributed by atoms with Gasteiger partial charge in [-0.1, -0.05) is 54.1 Å². The van der Waals surface area contributed by atoms with E-state index in [0.29, 0.717) is 34.0 Å². The van der Waals surface area contributed by atoms with Crippen LogP contribution in [0.15, 0.2) is 96.4 Å². The van der Waals surface area contributed by atoms with Crippen molar-refractivity contribution in [1.82, 2.24) is 14.5 Å². The molecule has 0 amide bonds. The van der Waals surface area contributed by atoms with Crippen molar-refractivity contribution in [2.45, 2.75) is 32.7 Å². The summed E-state index contributed by atoms with van der Waals surface area (Å²) in [4.78, 5) is 35.4. The van der Waals surface area contributed by atoms with E-state index in [4.69, 9.17) is 10.5 Å². The van der Waals surface area contributed by atoms with Crippen molar-refractivity contribution in [2.24, 2.45) is 5.92 Å². The minimum atomic E-state index is -0.447. The van der Waals surface area contributed by atoms with Crippen LogP contribution in [0.4, 0.5) is 10.2 Å². The SMILES string of the molecule is Cc1ccc(-c2cn(CC3CCOCC3)cc(C(=O)Cc3ccc(-c4cc(-c5ccncc5F)cnc4N)cc3)c2=O)cc1. The van der Waals surface area contributed by atoms with Crippen molar-refractivity contribution in [3.05, 3.63) is 124 Å². The minimum absolute atomic E-state index is 0.0696. The number of carbonyl (C=O) groups excluding carboxylic acids is 1. The lowest BCUT2D eigenvalue weighted by molar-refractivity contribution is 0.0612. The number of benzene rings is 2. The quantitative estimate of drug-likeness (QED) is 0.207. The van der Waals surface area contributed by atoms with Gasteiger partial charge in [-0.05, 0) is 54.5 Å². The van der Waals surface area contributed by atoms with Gasteiger partial charge >= 0.3 is 0 Å². The van der Waals surface area contributed by atoms with Gasteiger partial charge in [-0.3, -0.25) is 14.6 Å². The molecule has 0 atom stereocenters. The number of hydrogen-bond donors (Lipinski definition) is 1. The first-order valence-electron chi connectivity index (χ1n) is 14.7. The lowest BCUT2D eigenvalue weighted by atomic mass is 9.96. The Kier molecular flexibility index (Phi) is 8.43. The maximum absolute atomic E-state index is 14.4. The minimum Gasteiger partial charge on any atom is -0.383 e. The molecule has 1 aliphatic rings. The fourth-order valence-corrected chi connectivity index (χ4v) is 5.65. The Hall–Kier alpha value is -4.95. The molecule has 2 aromatic carbocycles. The van der Waals surface area contributed by atoms with E-state index in [1.807, 2.05) is 66.2 Å². The Morgan fingerprint density at radius 3 is 2.36 bits per heavy atom. The number of anilines is 1. The third-order valence-electron chi connectivity index (χ3n) is 8.18. The van der Waals surface area contributed by atoms with E-state index in [0.717, 1.165) is 61.1 Å². The smallest absolute Gasteiger partial charge is 0.200 e. The summed E-state index contributed by atoms with van der Waals surface area (Å²) in [5.74, 6) is 0.0408. The first kappa shape index (κ1) is 29.1. The largest absolute Gasteiger partial charge is 0.383 e. The molecule has 0 unspecified atom stereocenters. The summed E-state index contributed by atoms with van der Waals surface area (Å²) < 4.78 is 21.9. The van der Waals surface area contributed by atoms with Crippen molar-refractivity contribution >= 4 is 11.6 Å². The van der Waals surface area contributed by atoms with Gasteiger partial charge in [0.15, 0.2) is 11.2 Å². The monoisotopic (exact) mass is 588 g/mol. The summed E-state index contributed by atoms with van der Waals surface area (Å²) in [6, 6.07) is 18.6. The van der Waals surface area contributed by atoms with E-state index < -0.39 is 5.82 Å². The van der Waals surface area contributed by atoms with Crippen LogP contribution < -0.4 is 11.2 Å². The van der Waals surface area contributed by atoms with Crippen LogP contribution in [0.25, 0.3) is 33.4 Å². The molecule has 2 N–H and O–H groups in total. The number of nitrogens with two attached hydrogens (primary N) is 1. The molecule has 44 heavy (non-hydrogen) atoms. The predicted octanol–water partition coefficient (Wildman–Crippen LogP) is 6.52. The van der Waals surface area contributed by atoms with Crippen molar-refractivity contribution in [1.29, 1.82) is 0 Å². The predicted molar refractivity (Wildman–Crippen MR) is 170 cm³/mol. The van der Waals surface area contributed by atoms with E-state index in [-0.39, 0.29) is 23.2 Å². The van der Waals surface area contributed by atoms with Crippen LogP contribution in [-0.4, -0.2) is 33.5 Å². The topological polar surface area (TPSA) is 100 Å². The molecule has 6 rings (SSSR count). The van der Waals surface area contributed by atoms with Gasteiger partial charge in [0, 0.05) is 73.2 Å². The first-order chi connectivity index (χ1) is 21.4. The van der Waals surface area contributed by atoms with Crippen LogP contribution >= 0.6 is 0 Å². The molecule has 1 fully saturated rings. The number of aryl methyl sites for hydroxylation is 1. The molecule has 0 saturated carbocycles. The number of aromatic nitrogens is 3. The molecular weight excluding hydrogens is 555 g/mol. The lowest BCUT2D eigenvalue weighted by Gasteiger charge is -2.23. The number of ether oxygens (including phenoxy) is 1. The number of Topliss-reactive ketones (excluding diaryl/α,β-unsaturated/α-hetero) is 1. The zero-order chi connectivity index (χ0) is 30.6. The zero-order valence-corrected chi connectivity index (χ0v) is 24.5. The third-order valence-corrected chi connectivity index (χ3v) is 8.18. The molecule has 8 heteroatoms. The molecule has 222 valence electrons. The van der Waals surface area contributed by atoms with Gasteiger partial charge in [-0.15, -0.1) is 0 Å². The molecule has 0 radical (unpaired) electrons. The fraction of sp³-hybridized carbons (Fsp3) is 0.222. The maximum Gasteiger partial charge on any atom is 0.200 e. The molecule has 1 aliphatic heterocycles. The molecule has 5 aromatic rings. The standard InChI is InChI=1S/C36H33FN4O3/c1-23-2-6-27(7-3-23)31-21-41(20-25-11-14-44-15-12-25)22-32(35(31)43)34(42)16-24-4-8-26(9-5-24)30-17-28(18-40-36(30)38)29-10-13-39-19-33(29)37/h2-10,13,17-19,21-22,25H,11-12,14-16,20H2,1H3,(H2,38,40). The Balaban J connectivity index is 1.28. The highest BCUT2D eigenvalue weighted by atomic mass is 19.1. The number of hydrogen-bond acceptors (Lipinski definition) is 6. The normalized spacial score (nSPS) is 13.6. The van der Waals surface area contributed by atoms with Crippen LogP contribution in [0.1, 0.15) is 34.3 Å². The Morgan fingerprint density at radius 1 is 0.932 bits per heavy atom. The first-order valence-corrected chi connectivity index (χ1v) is 14.7. The number of nitrogen functional groups attached to an aromatic ring is 1. The highest BCUT2D eigenvalue weighted by molar-refractivity contribution is 5.98. The highest BCUT2D eigenvalue weighted by Crippen LogP contribution is 2.31. The van der Waals surface area contributed by atoms with Gasteiger partial charge in [0.1, 0.15) is 11.6 Å². The molecular formula is C36H33FN4O3. The number of pyridine rings is 3. The fourth-order valence-electron chi connectivity index (χ4n) is 5.65. The summed E-state index contributed by atoms with van der Waals surface area (Å²) in [7, 11) is 0. The molecule has 0 aliphatic carbocycles. The van der Waals surface area contributed by atoms with Gasteiger partial charge in [0.25, 0.3) is 0 Å². The van der Waals surface area contributed by atoms with E-state index in [2.05, 4.69) is 9.97 Å². The van der Waals surface area contributed by atoms with Crippen molar-refractivity contribution in [3.8, 4) is 33.4 Å². The summed E-state index contributed by atoms with van der Waals surface area (Å²) in [5.41, 5.74) is 11.7. The van der Waals surface area contributed by atoms with Crippen molar-refractivity contribution < 1.29 is 13.9 Å².